The summed E-state index contributed by atoms with van der Waals surface area (Å²) in [5, 5.41) is 8.93. The first kappa shape index (κ1) is 13.4. The first-order chi connectivity index (χ1) is 10.7. The number of rotatable bonds is 5. The number of aromatic carboxylic acids is 1. The summed E-state index contributed by atoms with van der Waals surface area (Å²) >= 11 is 0. The van der Waals surface area contributed by atoms with E-state index in [-0.39, 0.29) is 5.56 Å². The number of hydrogen-bond donors (Lipinski definition) is 1. The molecule has 0 spiro atoms. The number of carbonyl (C=O) groups is 1. The van der Waals surface area contributed by atoms with Crippen LogP contribution in [-0.4, -0.2) is 11.1 Å². The van der Waals surface area contributed by atoms with Crippen LogP contribution in [0.4, 0.5) is 0 Å². The molecule has 3 nitrogen and oxygen atoms in total. The average molecular weight is 294 g/mol. The van der Waals surface area contributed by atoms with Crippen molar-refractivity contribution in [2.24, 2.45) is 0 Å². The molecule has 112 valence electrons. The van der Waals surface area contributed by atoms with Crippen molar-refractivity contribution in [3.05, 3.63) is 59.2 Å². The van der Waals surface area contributed by atoms with Crippen LogP contribution in [0.2, 0.25) is 0 Å². The lowest BCUT2D eigenvalue weighted by Crippen LogP contribution is -1.95. The molecular weight excluding hydrogens is 276 g/mol. The van der Waals surface area contributed by atoms with Gasteiger partial charge >= 0.3 is 5.97 Å². The lowest BCUT2D eigenvalue weighted by molar-refractivity contribution is 0.0697. The highest BCUT2D eigenvalue weighted by atomic mass is 16.5. The molecule has 0 radical (unpaired) electrons. The van der Waals surface area contributed by atoms with E-state index in [0.29, 0.717) is 17.6 Å². The molecular formula is C19H18O3. The van der Waals surface area contributed by atoms with Gasteiger partial charge in [0.2, 0.25) is 0 Å². The SMILES string of the molecule is O=C(O)c1ccc(Oc2cc(C3CC3)cc(C3CC3)c2)cc1. The molecule has 22 heavy (non-hydrogen) atoms. The van der Waals surface area contributed by atoms with E-state index in [4.69, 9.17) is 9.84 Å². The maximum Gasteiger partial charge on any atom is 0.335 e. The van der Waals surface area contributed by atoms with E-state index in [2.05, 4.69) is 18.2 Å². The average Bonchev–Trinajstić information content (AvgIpc) is 3.41. The Morgan fingerprint density at radius 3 is 1.86 bits per heavy atom. The lowest BCUT2D eigenvalue weighted by Gasteiger charge is -2.11. The largest absolute Gasteiger partial charge is 0.478 e. The number of benzene rings is 2. The Balaban J connectivity index is 1.59. The van der Waals surface area contributed by atoms with Gasteiger partial charge in [0.25, 0.3) is 0 Å². The fraction of sp³-hybridized carbons (Fsp3) is 0.316. The van der Waals surface area contributed by atoms with Gasteiger partial charge in [-0.25, -0.2) is 4.79 Å². The summed E-state index contributed by atoms with van der Waals surface area (Å²) in [7, 11) is 0. The minimum absolute atomic E-state index is 0.276. The Hall–Kier alpha value is -2.29. The van der Waals surface area contributed by atoms with Gasteiger partial charge in [0.1, 0.15) is 11.5 Å². The summed E-state index contributed by atoms with van der Waals surface area (Å²) in [6, 6.07) is 13.2. The Morgan fingerprint density at radius 1 is 0.864 bits per heavy atom. The van der Waals surface area contributed by atoms with E-state index in [9.17, 15) is 4.79 Å². The van der Waals surface area contributed by atoms with Crippen LogP contribution < -0.4 is 4.74 Å². The van der Waals surface area contributed by atoms with E-state index in [1.165, 1.54) is 36.8 Å². The molecule has 0 saturated heterocycles. The highest BCUT2D eigenvalue weighted by Crippen LogP contribution is 2.46. The molecule has 0 heterocycles. The smallest absolute Gasteiger partial charge is 0.335 e. The molecule has 0 atom stereocenters. The standard InChI is InChI=1S/C19H18O3/c20-19(21)14-5-7-17(8-6-14)22-18-10-15(12-1-2-12)9-16(11-18)13-3-4-13/h5-13H,1-4H2,(H,20,21). The summed E-state index contributed by atoms with van der Waals surface area (Å²) in [6.07, 6.45) is 5.11. The van der Waals surface area contributed by atoms with Crippen molar-refractivity contribution in [3.8, 4) is 11.5 Å². The van der Waals surface area contributed by atoms with Gasteiger partial charge in [-0.3, -0.25) is 0 Å². The van der Waals surface area contributed by atoms with Gasteiger partial charge in [-0.1, -0.05) is 6.07 Å². The summed E-state index contributed by atoms with van der Waals surface area (Å²) < 4.78 is 5.96. The monoisotopic (exact) mass is 294 g/mol. The highest BCUT2D eigenvalue weighted by Gasteiger charge is 2.28. The summed E-state index contributed by atoms with van der Waals surface area (Å²) in [5.74, 6) is 2.04. The third-order valence-corrected chi connectivity index (χ3v) is 4.39. The van der Waals surface area contributed by atoms with Crippen molar-refractivity contribution in [2.45, 2.75) is 37.5 Å². The summed E-state index contributed by atoms with van der Waals surface area (Å²) in [6.45, 7) is 0. The van der Waals surface area contributed by atoms with Gasteiger partial charge in [0, 0.05) is 0 Å². The number of hydrogen-bond acceptors (Lipinski definition) is 2. The Morgan fingerprint density at radius 2 is 1.41 bits per heavy atom. The maximum absolute atomic E-state index is 10.9. The first-order valence-corrected chi connectivity index (χ1v) is 7.85. The van der Waals surface area contributed by atoms with Crippen molar-refractivity contribution in [2.75, 3.05) is 0 Å². The predicted molar refractivity (Wildman–Crippen MR) is 83.9 cm³/mol. The third-order valence-electron chi connectivity index (χ3n) is 4.39. The van der Waals surface area contributed by atoms with Crippen LogP contribution in [0.15, 0.2) is 42.5 Å². The zero-order valence-electron chi connectivity index (χ0n) is 12.3. The Kier molecular flexibility index (Phi) is 3.14. The van der Waals surface area contributed by atoms with E-state index >= 15 is 0 Å². The normalized spacial score (nSPS) is 17.3. The van der Waals surface area contributed by atoms with E-state index in [1.54, 1.807) is 24.3 Å². The van der Waals surface area contributed by atoms with Crippen LogP contribution >= 0.6 is 0 Å². The van der Waals surface area contributed by atoms with Crippen LogP contribution in [0, 0.1) is 0 Å². The molecule has 2 aromatic rings. The molecule has 2 saturated carbocycles. The number of carboxylic acids is 1. The minimum atomic E-state index is -0.918. The van der Waals surface area contributed by atoms with Crippen LogP contribution in [0.3, 0.4) is 0 Å². The molecule has 0 amide bonds. The molecule has 0 bridgehead atoms. The number of carboxylic acid groups (broad SMARTS) is 1. The predicted octanol–water partition coefficient (Wildman–Crippen LogP) is 4.93. The zero-order valence-corrected chi connectivity index (χ0v) is 12.3. The maximum atomic E-state index is 10.9. The van der Waals surface area contributed by atoms with E-state index in [1.807, 2.05) is 0 Å². The van der Waals surface area contributed by atoms with Gasteiger partial charge in [0.05, 0.1) is 5.56 Å². The van der Waals surface area contributed by atoms with E-state index < -0.39 is 5.97 Å². The minimum Gasteiger partial charge on any atom is -0.478 e. The lowest BCUT2D eigenvalue weighted by atomic mass is 10.0. The van der Waals surface area contributed by atoms with E-state index in [0.717, 1.165) is 5.75 Å². The van der Waals surface area contributed by atoms with Crippen molar-refractivity contribution in [3.63, 3.8) is 0 Å². The Bertz CT molecular complexity index is 680. The van der Waals surface area contributed by atoms with Crippen molar-refractivity contribution < 1.29 is 14.6 Å². The second-order valence-corrected chi connectivity index (χ2v) is 6.32. The summed E-state index contributed by atoms with van der Waals surface area (Å²) in [4.78, 5) is 10.9. The zero-order chi connectivity index (χ0) is 15.1. The molecule has 1 N–H and O–H groups in total. The molecule has 0 aliphatic heterocycles. The quantitative estimate of drug-likeness (QED) is 0.850. The van der Waals surface area contributed by atoms with Gasteiger partial charge in [0.15, 0.2) is 0 Å². The molecule has 2 aliphatic carbocycles. The third kappa shape index (κ3) is 2.84. The summed E-state index contributed by atoms with van der Waals surface area (Å²) in [5.41, 5.74) is 3.06. The molecule has 2 aliphatic rings. The topological polar surface area (TPSA) is 46.5 Å². The van der Waals surface area contributed by atoms with Crippen LogP contribution in [-0.2, 0) is 0 Å². The molecule has 3 heteroatoms. The van der Waals surface area contributed by atoms with Gasteiger partial charge in [-0.2, -0.15) is 0 Å². The highest BCUT2D eigenvalue weighted by molar-refractivity contribution is 5.87. The Labute approximate surface area is 129 Å². The van der Waals surface area contributed by atoms with Crippen LogP contribution in [0.25, 0.3) is 0 Å². The van der Waals surface area contributed by atoms with Gasteiger partial charge in [-0.15, -0.1) is 0 Å². The first-order valence-electron chi connectivity index (χ1n) is 7.85. The molecule has 2 aromatic carbocycles. The van der Waals surface area contributed by atoms with Gasteiger partial charge < -0.3 is 9.84 Å². The second kappa shape index (κ2) is 5.16. The molecule has 0 aromatic heterocycles. The molecule has 2 fully saturated rings. The van der Waals surface area contributed by atoms with Crippen molar-refractivity contribution in [1.29, 1.82) is 0 Å². The molecule has 4 rings (SSSR count). The second-order valence-electron chi connectivity index (χ2n) is 6.32. The van der Waals surface area contributed by atoms with Crippen molar-refractivity contribution in [1.82, 2.24) is 0 Å². The van der Waals surface area contributed by atoms with Crippen molar-refractivity contribution >= 4 is 5.97 Å². The van der Waals surface area contributed by atoms with Gasteiger partial charge in [-0.05, 0) is 85.0 Å². The van der Waals surface area contributed by atoms with Crippen LogP contribution in [0.1, 0.15) is 59.0 Å². The fourth-order valence-corrected chi connectivity index (χ4v) is 2.81. The number of ether oxygens (including phenoxy) is 1. The fourth-order valence-electron chi connectivity index (χ4n) is 2.81. The van der Waals surface area contributed by atoms with Crippen LogP contribution in [0.5, 0.6) is 11.5 Å². The molecule has 0 unspecified atom stereocenters.